The van der Waals surface area contributed by atoms with Crippen molar-refractivity contribution >= 4 is 36.6 Å². The fraction of sp³-hybridized carbons (Fsp3) is 0.286. The Morgan fingerprint density at radius 1 is 1.00 bits per heavy atom. The molecule has 1 aromatic heterocycles. The fourth-order valence-corrected chi connectivity index (χ4v) is 6.55. The molecule has 0 spiro atoms. The van der Waals surface area contributed by atoms with Gasteiger partial charge in [-0.2, -0.15) is 4.31 Å². The molecule has 1 saturated heterocycles. The maximum absolute atomic E-state index is 12.9. The molecule has 4 rings (SSSR count). The second-order valence-electron chi connectivity index (χ2n) is 7.57. The zero-order valence-electron chi connectivity index (χ0n) is 16.5. The minimum Gasteiger partial charge on any atom is -0.280 e. The highest BCUT2D eigenvalue weighted by atomic mass is 32.2. The zero-order chi connectivity index (χ0) is 21.4. The van der Waals surface area contributed by atoms with E-state index >= 15 is 0 Å². The number of piperidine rings is 1. The summed E-state index contributed by atoms with van der Waals surface area (Å²) in [5.41, 5.74) is 0.666. The maximum Gasteiger partial charge on any atom is 0.264 e. The number of benzene rings is 2. The van der Waals surface area contributed by atoms with Gasteiger partial charge in [-0.1, -0.05) is 25.1 Å². The van der Waals surface area contributed by atoms with Crippen LogP contribution in [0.2, 0.25) is 0 Å². The molecule has 1 atom stereocenters. The molecule has 30 heavy (non-hydrogen) atoms. The van der Waals surface area contributed by atoms with Crippen molar-refractivity contribution < 1.29 is 16.8 Å². The van der Waals surface area contributed by atoms with Gasteiger partial charge in [0.2, 0.25) is 10.0 Å². The summed E-state index contributed by atoms with van der Waals surface area (Å²) in [6.07, 6.45) is 3.41. The van der Waals surface area contributed by atoms with Crippen LogP contribution in [0, 0.1) is 5.92 Å². The summed E-state index contributed by atoms with van der Waals surface area (Å²) in [6, 6.07) is 14.3. The summed E-state index contributed by atoms with van der Waals surface area (Å²) in [6.45, 7) is 3.06. The van der Waals surface area contributed by atoms with E-state index in [2.05, 4.69) is 9.71 Å². The van der Waals surface area contributed by atoms with Crippen LogP contribution in [0.1, 0.15) is 19.8 Å². The first-order chi connectivity index (χ1) is 14.3. The SMILES string of the molecule is CC1CCCN(S(=O)(=O)c2ccc(NS(=O)(=O)c3cccc4cccnc34)cc2)C1. The van der Waals surface area contributed by atoms with Crippen LogP contribution in [0.25, 0.3) is 10.9 Å². The summed E-state index contributed by atoms with van der Waals surface area (Å²) < 4.78 is 55.6. The van der Waals surface area contributed by atoms with Crippen LogP contribution >= 0.6 is 0 Å². The van der Waals surface area contributed by atoms with Crippen molar-refractivity contribution in [3.63, 3.8) is 0 Å². The molecule has 9 heteroatoms. The molecule has 158 valence electrons. The third kappa shape index (κ3) is 4.05. The number of hydrogen-bond acceptors (Lipinski definition) is 5. The van der Waals surface area contributed by atoms with Gasteiger partial charge in [-0.05, 0) is 55.2 Å². The van der Waals surface area contributed by atoms with E-state index in [1.165, 1.54) is 34.6 Å². The van der Waals surface area contributed by atoms with Gasteiger partial charge in [0, 0.05) is 30.4 Å². The van der Waals surface area contributed by atoms with Gasteiger partial charge in [0.1, 0.15) is 4.90 Å². The van der Waals surface area contributed by atoms with Crippen molar-refractivity contribution in [2.75, 3.05) is 17.8 Å². The Morgan fingerprint density at radius 3 is 2.47 bits per heavy atom. The minimum absolute atomic E-state index is 0.0691. The van der Waals surface area contributed by atoms with E-state index in [1.54, 1.807) is 30.5 Å². The average molecular weight is 446 g/mol. The first kappa shape index (κ1) is 20.8. The quantitative estimate of drug-likeness (QED) is 0.649. The fourth-order valence-electron chi connectivity index (χ4n) is 3.71. The van der Waals surface area contributed by atoms with Crippen LogP contribution in [0.15, 0.2) is 70.6 Å². The lowest BCUT2D eigenvalue weighted by molar-refractivity contribution is 0.281. The van der Waals surface area contributed by atoms with E-state index in [0.29, 0.717) is 24.5 Å². The number of rotatable bonds is 5. The molecule has 1 aliphatic rings. The van der Waals surface area contributed by atoms with Crippen molar-refractivity contribution in [1.82, 2.24) is 9.29 Å². The highest BCUT2D eigenvalue weighted by Crippen LogP contribution is 2.26. The number of fused-ring (bicyclic) bond motifs is 1. The molecular formula is C21H23N3O4S2. The number of para-hydroxylation sites is 1. The Hall–Kier alpha value is -2.49. The lowest BCUT2D eigenvalue weighted by Gasteiger charge is -2.30. The summed E-state index contributed by atoms with van der Waals surface area (Å²) >= 11 is 0. The molecule has 0 aliphatic carbocycles. The van der Waals surface area contributed by atoms with E-state index in [-0.39, 0.29) is 15.5 Å². The lowest BCUT2D eigenvalue weighted by atomic mass is 10.0. The number of pyridine rings is 1. The molecule has 3 aromatic rings. The van der Waals surface area contributed by atoms with Crippen LogP contribution in [-0.2, 0) is 20.0 Å². The third-order valence-electron chi connectivity index (χ3n) is 5.25. The van der Waals surface area contributed by atoms with Gasteiger partial charge >= 0.3 is 0 Å². The lowest BCUT2D eigenvalue weighted by Crippen LogP contribution is -2.39. The van der Waals surface area contributed by atoms with Crippen molar-refractivity contribution in [3.8, 4) is 0 Å². The molecule has 2 heterocycles. The predicted molar refractivity (Wildman–Crippen MR) is 116 cm³/mol. The standard InChI is InChI=1S/C21H23N3O4S2/c1-16-5-4-14-24(15-16)30(27,28)19-11-9-18(10-12-19)23-29(25,26)20-8-2-6-17-7-3-13-22-21(17)20/h2-3,6-13,16,23H,4-5,14-15H2,1H3. The van der Waals surface area contributed by atoms with Crippen LogP contribution < -0.4 is 4.72 Å². The van der Waals surface area contributed by atoms with Crippen molar-refractivity contribution in [2.24, 2.45) is 5.92 Å². The topological polar surface area (TPSA) is 96.4 Å². The molecule has 0 bridgehead atoms. The summed E-state index contributed by atoms with van der Waals surface area (Å²) in [5, 5.41) is 0.720. The second kappa shape index (κ2) is 7.98. The molecule has 2 aromatic carbocycles. The summed E-state index contributed by atoms with van der Waals surface area (Å²) in [5.74, 6) is 0.328. The first-order valence-electron chi connectivity index (χ1n) is 9.74. The summed E-state index contributed by atoms with van der Waals surface area (Å²) in [4.78, 5) is 4.42. The Kier molecular flexibility index (Phi) is 5.52. The number of hydrogen-bond donors (Lipinski definition) is 1. The second-order valence-corrected chi connectivity index (χ2v) is 11.2. The van der Waals surface area contributed by atoms with Gasteiger partial charge in [-0.3, -0.25) is 9.71 Å². The normalized spacial score (nSPS) is 18.4. The molecule has 0 saturated carbocycles. The van der Waals surface area contributed by atoms with Gasteiger partial charge in [-0.25, -0.2) is 16.8 Å². The van der Waals surface area contributed by atoms with Crippen LogP contribution in [-0.4, -0.2) is 39.2 Å². The van der Waals surface area contributed by atoms with Crippen molar-refractivity contribution in [2.45, 2.75) is 29.6 Å². The number of nitrogens with zero attached hydrogens (tertiary/aromatic N) is 2. The Morgan fingerprint density at radius 2 is 1.73 bits per heavy atom. The van der Waals surface area contributed by atoms with E-state index in [9.17, 15) is 16.8 Å². The third-order valence-corrected chi connectivity index (χ3v) is 8.54. The average Bonchev–Trinajstić information content (AvgIpc) is 2.73. The van der Waals surface area contributed by atoms with Gasteiger partial charge in [0.25, 0.3) is 10.0 Å². The molecule has 1 unspecified atom stereocenters. The van der Waals surface area contributed by atoms with E-state index in [1.807, 2.05) is 6.92 Å². The molecule has 1 N–H and O–H groups in total. The molecular weight excluding hydrogens is 422 g/mol. The van der Waals surface area contributed by atoms with E-state index in [0.717, 1.165) is 18.2 Å². The molecule has 7 nitrogen and oxygen atoms in total. The molecule has 0 amide bonds. The molecule has 1 fully saturated rings. The van der Waals surface area contributed by atoms with Gasteiger partial charge in [-0.15, -0.1) is 0 Å². The first-order valence-corrected chi connectivity index (χ1v) is 12.7. The van der Waals surface area contributed by atoms with Crippen LogP contribution in [0.3, 0.4) is 0 Å². The molecule has 1 aliphatic heterocycles. The van der Waals surface area contributed by atoms with Crippen molar-refractivity contribution in [3.05, 3.63) is 60.8 Å². The highest BCUT2D eigenvalue weighted by molar-refractivity contribution is 7.93. The maximum atomic E-state index is 12.9. The van der Waals surface area contributed by atoms with Crippen molar-refractivity contribution in [1.29, 1.82) is 0 Å². The smallest absolute Gasteiger partial charge is 0.264 e. The number of sulfonamides is 2. The zero-order valence-corrected chi connectivity index (χ0v) is 18.2. The Balaban J connectivity index is 1.59. The van der Waals surface area contributed by atoms with Crippen LogP contribution in [0.5, 0.6) is 0 Å². The van der Waals surface area contributed by atoms with Crippen LogP contribution in [0.4, 0.5) is 5.69 Å². The predicted octanol–water partition coefficient (Wildman–Crippen LogP) is 3.46. The number of aromatic nitrogens is 1. The Bertz CT molecular complexity index is 1270. The van der Waals surface area contributed by atoms with E-state index < -0.39 is 20.0 Å². The number of nitrogens with one attached hydrogen (secondary N) is 1. The highest BCUT2D eigenvalue weighted by Gasteiger charge is 2.28. The minimum atomic E-state index is -3.89. The number of anilines is 1. The van der Waals surface area contributed by atoms with Gasteiger partial charge in [0.05, 0.1) is 10.4 Å². The van der Waals surface area contributed by atoms with E-state index in [4.69, 9.17) is 0 Å². The molecule has 0 radical (unpaired) electrons. The largest absolute Gasteiger partial charge is 0.280 e. The monoisotopic (exact) mass is 445 g/mol. The van der Waals surface area contributed by atoms with Gasteiger partial charge in [0.15, 0.2) is 0 Å². The van der Waals surface area contributed by atoms with Gasteiger partial charge < -0.3 is 0 Å². The summed E-state index contributed by atoms with van der Waals surface area (Å²) in [7, 11) is -7.48. The Labute approximate surface area is 176 Å².